The van der Waals surface area contributed by atoms with E-state index in [0.717, 1.165) is 61.4 Å². The van der Waals surface area contributed by atoms with E-state index < -0.39 is 11.8 Å². The van der Waals surface area contributed by atoms with Crippen molar-refractivity contribution in [3.63, 3.8) is 0 Å². The number of nitrogens with zero attached hydrogens (tertiary/aromatic N) is 4. The molecule has 0 aliphatic carbocycles. The lowest BCUT2D eigenvalue weighted by Gasteiger charge is -2.32. The quantitative estimate of drug-likeness (QED) is 0.237. The Morgan fingerprint density at radius 1 is 1.05 bits per heavy atom. The standard InChI is InChI=1S/C31H28ClFN4O4/c32-20-5-6-23(24(33)15-20)30-35-26-3-1-2-22(29(26)41-30)18-8-11-36(12-9-18)17-28-34-25-7-4-19(31(38)39)14-27(25)37(28)16-21-10-13-40-21/h1-7,14-15,18,21H,8-13,16-17H2,(H,38,39)/t21-/m0/s1. The monoisotopic (exact) mass is 574 g/mol. The molecule has 7 rings (SSSR count). The minimum atomic E-state index is -0.949. The highest BCUT2D eigenvalue weighted by atomic mass is 35.5. The fourth-order valence-electron chi connectivity index (χ4n) is 5.93. The molecule has 3 aromatic carbocycles. The largest absolute Gasteiger partial charge is 0.478 e. The van der Waals surface area contributed by atoms with E-state index in [1.54, 1.807) is 30.3 Å². The van der Waals surface area contributed by atoms with Crippen LogP contribution in [0.5, 0.6) is 0 Å². The normalized spacial score (nSPS) is 18.2. The molecule has 41 heavy (non-hydrogen) atoms. The lowest BCUT2D eigenvalue weighted by atomic mass is 9.89. The number of hydrogen-bond acceptors (Lipinski definition) is 6. The molecule has 4 heterocycles. The summed E-state index contributed by atoms with van der Waals surface area (Å²) in [6.45, 7) is 3.84. The van der Waals surface area contributed by atoms with Gasteiger partial charge in [0.25, 0.3) is 0 Å². The van der Waals surface area contributed by atoms with Crippen molar-refractivity contribution >= 4 is 39.7 Å². The van der Waals surface area contributed by atoms with Gasteiger partial charge in [-0.05, 0) is 80.7 Å². The van der Waals surface area contributed by atoms with Gasteiger partial charge in [0.05, 0.1) is 41.4 Å². The number of imidazole rings is 1. The number of ether oxygens (including phenoxy) is 1. The van der Waals surface area contributed by atoms with Crippen molar-refractivity contribution in [2.75, 3.05) is 19.7 Å². The SMILES string of the molecule is O=C(O)c1ccc2nc(CN3CCC(c4cccc5nc(-c6ccc(Cl)cc6F)oc45)CC3)n(C[C@@H]3CCO3)c2c1. The molecule has 1 N–H and O–H groups in total. The number of aromatic carboxylic acids is 1. The van der Waals surface area contributed by atoms with Crippen LogP contribution in [0.25, 0.3) is 33.6 Å². The predicted molar refractivity (Wildman–Crippen MR) is 153 cm³/mol. The molecule has 0 radical (unpaired) electrons. The summed E-state index contributed by atoms with van der Waals surface area (Å²) in [4.78, 5) is 23.5. The maximum atomic E-state index is 14.6. The molecule has 2 aliphatic rings. The summed E-state index contributed by atoms with van der Waals surface area (Å²) in [5.74, 6) is 0.0393. The Labute approximate surface area is 240 Å². The van der Waals surface area contributed by atoms with Crippen LogP contribution in [0.4, 0.5) is 4.39 Å². The summed E-state index contributed by atoms with van der Waals surface area (Å²) >= 11 is 5.92. The van der Waals surface area contributed by atoms with Gasteiger partial charge >= 0.3 is 5.97 Å². The Morgan fingerprint density at radius 3 is 2.61 bits per heavy atom. The summed E-state index contributed by atoms with van der Waals surface area (Å²) in [6, 6.07) is 15.5. The van der Waals surface area contributed by atoms with Gasteiger partial charge in [-0.1, -0.05) is 23.7 Å². The number of para-hydroxylation sites is 1. The van der Waals surface area contributed by atoms with Gasteiger partial charge in [0, 0.05) is 17.2 Å². The first-order valence-electron chi connectivity index (χ1n) is 13.8. The van der Waals surface area contributed by atoms with Crippen molar-refractivity contribution in [1.29, 1.82) is 0 Å². The Kier molecular flexibility index (Phi) is 6.73. The number of oxazole rings is 1. The Morgan fingerprint density at radius 2 is 1.88 bits per heavy atom. The lowest BCUT2D eigenvalue weighted by molar-refractivity contribution is -0.0592. The molecule has 0 amide bonds. The number of piperidine rings is 1. The molecule has 8 nitrogen and oxygen atoms in total. The van der Waals surface area contributed by atoms with E-state index in [0.29, 0.717) is 29.2 Å². The molecule has 2 fully saturated rings. The van der Waals surface area contributed by atoms with E-state index in [1.807, 2.05) is 12.1 Å². The van der Waals surface area contributed by atoms with E-state index in [2.05, 4.69) is 20.5 Å². The number of likely N-dealkylation sites (tertiary alicyclic amines) is 1. The number of rotatable bonds is 7. The van der Waals surface area contributed by atoms with Crippen molar-refractivity contribution in [2.45, 2.75) is 44.4 Å². The van der Waals surface area contributed by atoms with Gasteiger partial charge in [0.1, 0.15) is 17.2 Å². The minimum Gasteiger partial charge on any atom is -0.478 e. The Bertz CT molecular complexity index is 1770. The van der Waals surface area contributed by atoms with Crippen LogP contribution in [0, 0.1) is 5.82 Å². The van der Waals surface area contributed by atoms with Gasteiger partial charge < -0.3 is 18.8 Å². The third-order valence-electron chi connectivity index (χ3n) is 8.25. The van der Waals surface area contributed by atoms with E-state index in [-0.39, 0.29) is 29.0 Å². The number of carboxylic acid groups (broad SMARTS) is 1. The molecular formula is C31H28ClFN4O4. The highest BCUT2D eigenvalue weighted by molar-refractivity contribution is 6.30. The number of halogens is 2. The number of benzene rings is 3. The summed E-state index contributed by atoms with van der Waals surface area (Å²) in [6.07, 6.45) is 2.97. The van der Waals surface area contributed by atoms with Crippen LogP contribution < -0.4 is 0 Å². The third kappa shape index (κ3) is 4.98. The lowest BCUT2D eigenvalue weighted by Crippen LogP contribution is -2.35. The highest BCUT2D eigenvalue weighted by Crippen LogP contribution is 2.36. The number of aromatic nitrogens is 3. The number of fused-ring (bicyclic) bond motifs is 2. The van der Waals surface area contributed by atoms with Crippen molar-refractivity contribution in [1.82, 2.24) is 19.4 Å². The molecule has 2 saturated heterocycles. The van der Waals surface area contributed by atoms with Crippen molar-refractivity contribution in [2.24, 2.45) is 0 Å². The van der Waals surface area contributed by atoms with Crippen LogP contribution in [-0.2, 0) is 17.8 Å². The maximum absolute atomic E-state index is 14.6. The topological polar surface area (TPSA) is 93.6 Å². The van der Waals surface area contributed by atoms with Gasteiger partial charge in [-0.25, -0.2) is 19.2 Å². The Hall–Kier alpha value is -3.79. The van der Waals surface area contributed by atoms with Crippen LogP contribution >= 0.6 is 11.6 Å². The van der Waals surface area contributed by atoms with E-state index >= 15 is 0 Å². The van der Waals surface area contributed by atoms with Gasteiger partial charge in [-0.3, -0.25) is 4.90 Å². The predicted octanol–water partition coefficient (Wildman–Crippen LogP) is 6.50. The summed E-state index contributed by atoms with van der Waals surface area (Å²) < 4.78 is 28.5. The van der Waals surface area contributed by atoms with E-state index in [1.165, 1.54) is 6.07 Å². The maximum Gasteiger partial charge on any atom is 0.335 e. The zero-order chi connectivity index (χ0) is 28.1. The van der Waals surface area contributed by atoms with Crippen molar-refractivity contribution in [3.8, 4) is 11.5 Å². The Balaban J connectivity index is 1.10. The molecule has 210 valence electrons. The van der Waals surface area contributed by atoms with E-state index in [9.17, 15) is 14.3 Å². The van der Waals surface area contributed by atoms with Gasteiger partial charge in [-0.15, -0.1) is 0 Å². The second kappa shape index (κ2) is 10.6. The average Bonchev–Trinajstić information content (AvgIpc) is 3.51. The molecule has 5 aromatic rings. The smallest absolute Gasteiger partial charge is 0.335 e. The fraction of sp³-hybridized carbons (Fsp3) is 0.323. The van der Waals surface area contributed by atoms with Crippen LogP contribution in [0.1, 0.15) is 46.9 Å². The number of carbonyl (C=O) groups is 1. The zero-order valence-corrected chi connectivity index (χ0v) is 23.0. The van der Waals surface area contributed by atoms with Gasteiger partial charge in [0.15, 0.2) is 5.58 Å². The van der Waals surface area contributed by atoms with Crippen molar-refractivity contribution < 1.29 is 23.4 Å². The fourth-order valence-corrected chi connectivity index (χ4v) is 6.09. The van der Waals surface area contributed by atoms with Crippen LogP contribution in [0.15, 0.2) is 59.0 Å². The second-order valence-electron chi connectivity index (χ2n) is 10.8. The molecule has 0 bridgehead atoms. The first-order valence-corrected chi connectivity index (χ1v) is 14.2. The summed E-state index contributed by atoms with van der Waals surface area (Å²) in [5.41, 5.74) is 4.67. The van der Waals surface area contributed by atoms with Gasteiger partial charge in [0.2, 0.25) is 5.89 Å². The van der Waals surface area contributed by atoms with Crippen LogP contribution in [-0.4, -0.2) is 56.3 Å². The summed E-state index contributed by atoms with van der Waals surface area (Å²) in [7, 11) is 0. The molecule has 0 saturated carbocycles. The molecule has 10 heteroatoms. The zero-order valence-electron chi connectivity index (χ0n) is 22.2. The first kappa shape index (κ1) is 26.1. The number of hydrogen-bond donors (Lipinski definition) is 1. The number of carboxylic acids is 1. The molecule has 1 atom stereocenters. The highest BCUT2D eigenvalue weighted by Gasteiger charge is 2.27. The minimum absolute atomic E-state index is 0.124. The second-order valence-corrected chi connectivity index (χ2v) is 11.3. The molecule has 0 unspecified atom stereocenters. The molecular weight excluding hydrogens is 547 g/mol. The van der Waals surface area contributed by atoms with Crippen molar-refractivity contribution in [3.05, 3.63) is 82.4 Å². The summed E-state index contributed by atoms with van der Waals surface area (Å²) in [5, 5.41) is 9.84. The average molecular weight is 575 g/mol. The van der Waals surface area contributed by atoms with Crippen LogP contribution in [0.2, 0.25) is 5.02 Å². The van der Waals surface area contributed by atoms with Crippen LogP contribution in [0.3, 0.4) is 0 Å². The molecule has 2 aromatic heterocycles. The third-order valence-corrected chi connectivity index (χ3v) is 8.49. The molecule has 0 spiro atoms. The molecule has 2 aliphatic heterocycles. The first-order chi connectivity index (χ1) is 19.9. The van der Waals surface area contributed by atoms with Gasteiger partial charge in [-0.2, -0.15) is 0 Å². The van der Waals surface area contributed by atoms with E-state index in [4.69, 9.17) is 25.7 Å².